The van der Waals surface area contributed by atoms with Gasteiger partial charge in [0.15, 0.2) is 0 Å². The first kappa shape index (κ1) is 14.2. The monoisotopic (exact) mass is 279 g/mol. The standard InChI is InChI=1S/C10H14ClNO4S/c1-16-10-4-2-3-9(11)8(10)7-12-17(14,15)6-5-13/h2-4,12-13H,5-7H2,1H3. The van der Waals surface area contributed by atoms with E-state index in [0.29, 0.717) is 16.3 Å². The van der Waals surface area contributed by atoms with Gasteiger partial charge in [-0.15, -0.1) is 0 Å². The fourth-order valence-electron chi connectivity index (χ4n) is 1.28. The summed E-state index contributed by atoms with van der Waals surface area (Å²) in [6.07, 6.45) is 0. The molecule has 1 aromatic rings. The molecule has 0 aromatic heterocycles. The average molecular weight is 280 g/mol. The van der Waals surface area contributed by atoms with Crippen LogP contribution in [0.3, 0.4) is 0 Å². The first-order valence-corrected chi connectivity index (χ1v) is 6.93. The minimum atomic E-state index is -3.49. The third-order valence-electron chi connectivity index (χ3n) is 2.12. The van der Waals surface area contributed by atoms with E-state index in [9.17, 15) is 8.42 Å². The number of benzene rings is 1. The minimum Gasteiger partial charge on any atom is -0.496 e. The van der Waals surface area contributed by atoms with Crippen molar-refractivity contribution in [2.45, 2.75) is 6.54 Å². The van der Waals surface area contributed by atoms with Crippen LogP contribution in [0.2, 0.25) is 5.02 Å². The van der Waals surface area contributed by atoms with Crippen molar-refractivity contribution in [1.29, 1.82) is 0 Å². The summed E-state index contributed by atoms with van der Waals surface area (Å²) in [6, 6.07) is 5.06. The number of methoxy groups -OCH3 is 1. The Hall–Kier alpha value is -0.820. The van der Waals surface area contributed by atoms with Gasteiger partial charge in [-0.1, -0.05) is 17.7 Å². The predicted molar refractivity (Wildman–Crippen MR) is 65.7 cm³/mol. The lowest BCUT2D eigenvalue weighted by Gasteiger charge is -2.11. The van der Waals surface area contributed by atoms with Crippen LogP contribution in [0.15, 0.2) is 18.2 Å². The Morgan fingerprint density at radius 3 is 2.76 bits per heavy atom. The van der Waals surface area contributed by atoms with Crippen molar-refractivity contribution in [2.24, 2.45) is 0 Å². The molecular formula is C10H14ClNO4S. The highest BCUT2D eigenvalue weighted by Gasteiger charge is 2.13. The first-order chi connectivity index (χ1) is 8.00. The van der Waals surface area contributed by atoms with Gasteiger partial charge in [0.1, 0.15) is 5.75 Å². The van der Waals surface area contributed by atoms with Gasteiger partial charge in [0.05, 0.1) is 19.5 Å². The van der Waals surface area contributed by atoms with Gasteiger partial charge < -0.3 is 9.84 Å². The van der Waals surface area contributed by atoms with E-state index in [1.54, 1.807) is 18.2 Å². The van der Waals surface area contributed by atoms with E-state index in [1.165, 1.54) is 7.11 Å². The van der Waals surface area contributed by atoms with Crippen LogP contribution in [-0.4, -0.2) is 33.0 Å². The van der Waals surface area contributed by atoms with E-state index < -0.39 is 16.6 Å². The highest BCUT2D eigenvalue weighted by atomic mass is 35.5. The maximum Gasteiger partial charge on any atom is 0.214 e. The Labute approximate surface area is 105 Å². The molecular weight excluding hydrogens is 266 g/mol. The zero-order valence-corrected chi connectivity index (χ0v) is 10.9. The van der Waals surface area contributed by atoms with E-state index in [0.717, 1.165) is 0 Å². The quantitative estimate of drug-likeness (QED) is 0.806. The summed E-state index contributed by atoms with van der Waals surface area (Å²) >= 11 is 5.95. The van der Waals surface area contributed by atoms with Gasteiger partial charge >= 0.3 is 0 Å². The molecule has 96 valence electrons. The molecule has 0 saturated heterocycles. The van der Waals surface area contributed by atoms with Crippen LogP contribution < -0.4 is 9.46 Å². The van der Waals surface area contributed by atoms with Gasteiger partial charge in [0.2, 0.25) is 10.0 Å². The molecule has 0 bridgehead atoms. The molecule has 0 spiro atoms. The molecule has 0 atom stereocenters. The number of aliphatic hydroxyl groups is 1. The third-order valence-corrected chi connectivity index (χ3v) is 3.78. The Morgan fingerprint density at radius 2 is 2.18 bits per heavy atom. The molecule has 0 radical (unpaired) electrons. The summed E-state index contributed by atoms with van der Waals surface area (Å²) in [6.45, 7) is -0.389. The van der Waals surface area contributed by atoms with Gasteiger partial charge in [-0.25, -0.2) is 13.1 Å². The van der Waals surface area contributed by atoms with E-state index in [-0.39, 0.29) is 12.3 Å². The van der Waals surface area contributed by atoms with Crippen molar-refractivity contribution < 1.29 is 18.3 Å². The molecule has 1 aromatic carbocycles. The highest BCUT2D eigenvalue weighted by molar-refractivity contribution is 7.89. The van der Waals surface area contributed by atoms with Crippen LogP contribution in [0.4, 0.5) is 0 Å². The van der Waals surface area contributed by atoms with E-state index in [2.05, 4.69) is 4.72 Å². The number of hydrogen-bond acceptors (Lipinski definition) is 4. The SMILES string of the molecule is COc1cccc(Cl)c1CNS(=O)(=O)CCO. The van der Waals surface area contributed by atoms with Crippen molar-refractivity contribution in [2.75, 3.05) is 19.5 Å². The summed E-state index contributed by atoms with van der Waals surface area (Å²) in [5.41, 5.74) is 0.568. The summed E-state index contributed by atoms with van der Waals surface area (Å²) < 4.78 is 30.1. The summed E-state index contributed by atoms with van der Waals surface area (Å²) in [4.78, 5) is 0. The molecule has 0 saturated carbocycles. The Morgan fingerprint density at radius 1 is 1.47 bits per heavy atom. The Bertz CT molecular complexity index is 475. The number of ether oxygens (including phenoxy) is 1. The fourth-order valence-corrected chi connectivity index (χ4v) is 2.26. The maximum absolute atomic E-state index is 11.4. The number of nitrogens with one attached hydrogen (secondary N) is 1. The second-order valence-corrected chi connectivity index (χ2v) is 5.62. The Balaban J connectivity index is 2.82. The third kappa shape index (κ3) is 4.16. The lowest BCUT2D eigenvalue weighted by molar-refractivity contribution is 0.319. The van der Waals surface area contributed by atoms with Crippen molar-refractivity contribution in [1.82, 2.24) is 4.72 Å². The van der Waals surface area contributed by atoms with E-state index in [4.69, 9.17) is 21.4 Å². The van der Waals surface area contributed by atoms with Gasteiger partial charge in [-0.05, 0) is 12.1 Å². The van der Waals surface area contributed by atoms with Crippen LogP contribution in [-0.2, 0) is 16.6 Å². The van der Waals surface area contributed by atoms with E-state index >= 15 is 0 Å². The first-order valence-electron chi connectivity index (χ1n) is 4.89. The molecule has 17 heavy (non-hydrogen) atoms. The summed E-state index contributed by atoms with van der Waals surface area (Å²) in [7, 11) is -2.00. The zero-order chi connectivity index (χ0) is 12.9. The van der Waals surface area contributed by atoms with Gasteiger partial charge in [-0.3, -0.25) is 0 Å². The lowest BCUT2D eigenvalue weighted by atomic mass is 10.2. The normalized spacial score (nSPS) is 11.5. The summed E-state index contributed by atoms with van der Waals surface area (Å²) in [5, 5.41) is 9.01. The second kappa shape index (κ2) is 6.20. The highest BCUT2D eigenvalue weighted by Crippen LogP contribution is 2.25. The van der Waals surface area contributed by atoms with Gasteiger partial charge in [-0.2, -0.15) is 0 Å². The molecule has 1 rings (SSSR count). The maximum atomic E-state index is 11.4. The van der Waals surface area contributed by atoms with Crippen LogP contribution >= 0.6 is 11.6 Å². The van der Waals surface area contributed by atoms with E-state index in [1.807, 2.05) is 0 Å². The van der Waals surface area contributed by atoms with Crippen molar-refractivity contribution >= 4 is 21.6 Å². The smallest absolute Gasteiger partial charge is 0.214 e. The molecule has 0 heterocycles. The molecule has 0 aliphatic rings. The number of hydrogen-bond donors (Lipinski definition) is 2. The topological polar surface area (TPSA) is 75.6 Å². The molecule has 0 fully saturated rings. The zero-order valence-electron chi connectivity index (χ0n) is 9.31. The number of rotatable bonds is 6. The van der Waals surface area contributed by atoms with Crippen LogP contribution in [0.5, 0.6) is 5.75 Å². The average Bonchev–Trinajstić information content (AvgIpc) is 2.27. The van der Waals surface area contributed by atoms with Crippen molar-refractivity contribution in [3.05, 3.63) is 28.8 Å². The number of aliphatic hydroxyl groups excluding tert-OH is 1. The van der Waals surface area contributed by atoms with Crippen LogP contribution in [0.25, 0.3) is 0 Å². The molecule has 2 N–H and O–H groups in total. The number of halogens is 1. The van der Waals surface area contributed by atoms with Crippen LogP contribution in [0.1, 0.15) is 5.56 Å². The van der Waals surface area contributed by atoms with Gasteiger partial charge in [0, 0.05) is 17.1 Å². The second-order valence-electron chi connectivity index (χ2n) is 3.28. The lowest BCUT2D eigenvalue weighted by Crippen LogP contribution is -2.27. The molecule has 0 aliphatic heterocycles. The Kier molecular flexibility index (Phi) is 5.20. The molecule has 0 unspecified atom stereocenters. The predicted octanol–water partition coefficient (Wildman–Crippen LogP) is 0.760. The molecule has 0 aliphatic carbocycles. The summed E-state index contributed by atoms with van der Waals surface area (Å²) in [5.74, 6) is 0.184. The van der Waals surface area contributed by atoms with Crippen molar-refractivity contribution in [3.8, 4) is 5.75 Å². The molecule has 0 amide bonds. The minimum absolute atomic E-state index is 0.0329. The largest absolute Gasteiger partial charge is 0.496 e. The van der Waals surface area contributed by atoms with Crippen LogP contribution in [0, 0.1) is 0 Å². The number of sulfonamides is 1. The molecule has 7 heteroatoms. The van der Waals surface area contributed by atoms with Gasteiger partial charge in [0.25, 0.3) is 0 Å². The fraction of sp³-hybridized carbons (Fsp3) is 0.400. The van der Waals surface area contributed by atoms with Crippen molar-refractivity contribution in [3.63, 3.8) is 0 Å². The molecule has 5 nitrogen and oxygen atoms in total.